The first kappa shape index (κ1) is 30.4. The second kappa shape index (κ2) is 13.5. The zero-order valence-electron chi connectivity index (χ0n) is 24.5. The van der Waals surface area contributed by atoms with Crippen molar-refractivity contribution in [2.45, 2.75) is 63.9 Å². The molecule has 0 unspecified atom stereocenters. The van der Waals surface area contributed by atoms with Crippen molar-refractivity contribution in [3.8, 4) is 0 Å². The fourth-order valence-electron chi connectivity index (χ4n) is 5.78. The van der Waals surface area contributed by atoms with Crippen molar-refractivity contribution in [3.05, 3.63) is 81.7 Å². The molecule has 0 saturated carbocycles. The van der Waals surface area contributed by atoms with Crippen LogP contribution >= 0.6 is 11.3 Å². The molecule has 1 saturated heterocycles. The van der Waals surface area contributed by atoms with Crippen LogP contribution in [0, 0.1) is 0 Å². The van der Waals surface area contributed by atoms with Crippen molar-refractivity contribution in [2.24, 2.45) is 0 Å². The van der Waals surface area contributed by atoms with E-state index in [1.165, 1.54) is 33.3 Å². The number of amides is 2. The van der Waals surface area contributed by atoms with Gasteiger partial charge in [-0.1, -0.05) is 44.2 Å². The second-order valence-electron chi connectivity index (χ2n) is 11.0. The summed E-state index contributed by atoms with van der Waals surface area (Å²) in [5.41, 5.74) is 3.27. The number of nitrogens with one attached hydrogen (secondary N) is 1. The number of carbonyl (C=O) groups excluding carboxylic acids is 2. The van der Waals surface area contributed by atoms with Gasteiger partial charge in [0.15, 0.2) is 0 Å². The normalized spacial score (nSPS) is 15.6. The smallest absolute Gasteiger partial charge is 0.257 e. The zero-order chi connectivity index (χ0) is 29.7. The van der Waals surface area contributed by atoms with Gasteiger partial charge in [0.2, 0.25) is 10.0 Å². The van der Waals surface area contributed by atoms with Gasteiger partial charge in [0.05, 0.1) is 10.5 Å². The molecular weight excluding hydrogens is 569 g/mol. The molecule has 5 rings (SSSR count). The summed E-state index contributed by atoms with van der Waals surface area (Å²) in [6, 6.07) is 16.5. The van der Waals surface area contributed by atoms with E-state index in [9.17, 15) is 18.0 Å². The van der Waals surface area contributed by atoms with Crippen molar-refractivity contribution < 1.29 is 18.0 Å². The number of fused-ring (bicyclic) bond motifs is 1. The molecular formula is C32H40N4O4S2. The Balaban J connectivity index is 1.38. The van der Waals surface area contributed by atoms with E-state index in [1.807, 2.05) is 36.9 Å². The summed E-state index contributed by atoms with van der Waals surface area (Å²) in [4.78, 5) is 32.7. The Morgan fingerprint density at radius 2 is 1.60 bits per heavy atom. The van der Waals surface area contributed by atoms with E-state index >= 15 is 0 Å². The lowest BCUT2D eigenvalue weighted by molar-refractivity contribution is 0.0792. The maximum Gasteiger partial charge on any atom is 0.257 e. The molecule has 0 atom stereocenters. The van der Waals surface area contributed by atoms with E-state index in [0.717, 1.165) is 75.3 Å². The van der Waals surface area contributed by atoms with Crippen LogP contribution in [0.5, 0.6) is 0 Å². The highest BCUT2D eigenvalue weighted by atomic mass is 32.2. The lowest BCUT2D eigenvalue weighted by atomic mass is 10.0. The highest BCUT2D eigenvalue weighted by Crippen LogP contribution is 2.39. The molecule has 0 bridgehead atoms. The Morgan fingerprint density at radius 3 is 2.24 bits per heavy atom. The Morgan fingerprint density at radius 1 is 0.929 bits per heavy atom. The highest BCUT2D eigenvalue weighted by Gasteiger charge is 2.32. The van der Waals surface area contributed by atoms with Gasteiger partial charge in [-0.05, 0) is 67.5 Å². The average Bonchev–Trinajstić information content (AvgIpc) is 3.65. The summed E-state index contributed by atoms with van der Waals surface area (Å²) in [7, 11) is -3.64. The van der Waals surface area contributed by atoms with Crippen molar-refractivity contribution in [2.75, 3.05) is 38.0 Å². The van der Waals surface area contributed by atoms with Gasteiger partial charge >= 0.3 is 0 Å². The molecule has 42 heavy (non-hydrogen) atoms. The second-order valence-corrected chi connectivity index (χ2v) is 14.1. The van der Waals surface area contributed by atoms with E-state index < -0.39 is 10.0 Å². The highest BCUT2D eigenvalue weighted by molar-refractivity contribution is 7.89. The zero-order valence-corrected chi connectivity index (χ0v) is 26.1. The van der Waals surface area contributed by atoms with Crippen molar-refractivity contribution in [1.82, 2.24) is 14.1 Å². The lowest BCUT2D eigenvalue weighted by Gasteiger charge is -2.27. The summed E-state index contributed by atoms with van der Waals surface area (Å²) in [6.45, 7) is 8.70. The maximum absolute atomic E-state index is 13.7. The largest absolute Gasteiger partial charge is 0.339 e. The molecule has 2 aliphatic rings. The van der Waals surface area contributed by atoms with Crippen molar-refractivity contribution in [1.29, 1.82) is 0 Å². The third-order valence-corrected chi connectivity index (χ3v) is 11.0. The number of hydrogen-bond donors (Lipinski definition) is 1. The van der Waals surface area contributed by atoms with Gasteiger partial charge in [0.25, 0.3) is 11.8 Å². The van der Waals surface area contributed by atoms with E-state index in [1.54, 1.807) is 12.1 Å². The van der Waals surface area contributed by atoms with Crippen LogP contribution in [0.3, 0.4) is 0 Å². The van der Waals surface area contributed by atoms with Gasteiger partial charge in [-0.25, -0.2) is 8.42 Å². The first-order valence-corrected chi connectivity index (χ1v) is 17.2. The van der Waals surface area contributed by atoms with E-state index in [2.05, 4.69) is 22.3 Å². The molecule has 224 valence electrons. The van der Waals surface area contributed by atoms with Gasteiger partial charge in [-0.15, -0.1) is 11.3 Å². The molecule has 1 aromatic heterocycles. The summed E-state index contributed by atoms with van der Waals surface area (Å²) >= 11 is 1.48. The van der Waals surface area contributed by atoms with Gasteiger partial charge in [-0.3, -0.25) is 14.5 Å². The standard InChI is InChI=1S/C32H40N4O4S2/c1-3-17-36(18-4-2)42(39,40)26-14-12-25(13-15-26)30(37)33-31-29(32(38)35-19-8-9-20-35)27-16-21-34(23-28(27)41-31)22-24-10-6-5-7-11-24/h5-7,10-15H,3-4,8-9,16-23H2,1-2H3,(H,33,37). The number of sulfonamides is 1. The number of thiophene rings is 1. The molecule has 1 fully saturated rings. The predicted octanol–water partition coefficient (Wildman–Crippen LogP) is 5.61. The molecule has 1 N–H and O–H groups in total. The van der Waals surface area contributed by atoms with E-state index in [-0.39, 0.29) is 16.7 Å². The van der Waals surface area contributed by atoms with Crippen LogP contribution in [0.4, 0.5) is 5.00 Å². The molecule has 10 heteroatoms. The number of hydrogen-bond acceptors (Lipinski definition) is 6. The first-order valence-electron chi connectivity index (χ1n) is 14.9. The van der Waals surface area contributed by atoms with Crippen LogP contribution in [0.25, 0.3) is 0 Å². The molecule has 2 amide bonds. The SMILES string of the molecule is CCCN(CCC)S(=O)(=O)c1ccc(C(=O)Nc2sc3c(c2C(=O)N2CCCC2)CCN(Cc2ccccc2)C3)cc1. The van der Waals surface area contributed by atoms with Crippen LogP contribution in [0.15, 0.2) is 59.5 Å². The molecule has 2 aromatic carbocycles. The molecule has 3 aromatic rings. The Kier molecular flexibility index (Phi) is 9.77. The fraction of sp³-hybridized carbons (Fsp3) is 0.438. The Hall–Kier alpha value is -3.05. The minimum absolute atomic E-state index is 0.00908. The number of rotatable bonds is 11. The van der Waals surface area contributed by atoms with Crippen molar-refractivity contribution in [3.63, 3.8) is 0 Å². The quantitative estimate of drug-likeness (QED) is 0.306. The molecule has 2 aliphatic heterocycles. The topological polar surface area (TPSA) is 90.0 Å². The van der Waals surface area contributed by atoms with E-state index in [0.29, 0.717) is 29.2 Å². The fourth-order valence-corrected chi connectivity index (χ4v) is 8.68. The van der Waals surface area contributed by atoms with Gasteiger partial charge in [0, 0.05) is 56.3 Å². The number of anilines is 1. The summed E-state index contributed by atoms with van der Waals surface area (Å²) in [6.07, 6.45) is 4.20. The number of nitrogens with zero attached hydrogens (tertiary/aromatic N) is 3. The summed E-state index contributed by atoms with van der Waals surface area (Å²) < 4.78 is 27.8. The molecule has 0 aliphatic carbocycles. The Bertz CT molecular complexity index is 1490. The predicted molar refractivity (Wildman–Crippen MR) is 167 cm³/mol. The maximum atomic E-state index is 13.7. The van der Waals surface area contributed by atoms with Crippen LogP contribution in [0.2, 0.25) is 0 Å². The van der Waals surface area contributed by atoms with Crippen LogP contribution in [0.1, 0.15) is 76.3 Å². The third-order valence-electron chi connectivity index (χ3n) is 7.92. The lowest BCUT2D eigenvalue weighted by Crippen LogP contribution is -2.32. The molecule has 0 spiro atoms. The van der Waals surface area contributed by atoms with Crippen LogP contribution < -0.4 is 5.32 Å². The van der Waals surface area contributed by atoms with Gasteiger partial charge in [0.1, 0.15) is 5.00 Å². The number of carbonyl (C=O) groups is 2. The van der Waals surface area contributed by atoms with Crippen LogP contribution in [-0.4, -0.2) is 67.1 Å². The molecule has 3 heterocycles. The summed E-state index contributed by atoms with van der Waals surface area (Å²) in [5.74, 6) is -0.363. The number of likely N-dealkylation sites (tertiary alicyclic amines) is 1. The average molecular weight is 609 g/mol. The minimum atomic E-state index is -3.64. The van der Waals surface area contributed by atoms with Crippen molar-refractivity contribution >= 4 is 38.2 Å². The van der Waals surface area contributed by atoms with E-state index in [4.69, 9.17) is 0 Å². The molecule has 0 radical (unpaired) electrons. The Labute approximate surface area is 253 Å². The first-order chi connectivity index (χ1) is 20.3. The summed E-state index contributed by atoms with van der Waals surface area (Å²) in [5, 5.41) is 3.61. The van der Waals surface area contributed by atoms with Gasteiger partial charge in [-0.2, -0.15) is 4.31 Å². The number of benzene rings is 2. The molecule has 8 nitrogen and oxygen atoms in total. The van der Waals surface area contributed by atoms with Gasteiger partial charge < -0.3 is 10.2 Å². The third kappa shape index (κ3) is 6.62. The minimum Gasteiger partial charge on any atom is -0.339 e. The van der Waals surface area contributed by atoms with Crippen LogP contribution in [-0.2, 0) is 29.5 Å². The monoisotopic (exact) mass is 608 g/mol.